The van der Waals surface area contributed by atoms with Crippen LogP contribution in [0.3, 0.4) is 0 Å². The van der Waals surface area contributed by atoms with Crippen LogP contribution in [0.2, 0.25) is 0 Å². The van der Waals surface area contributed by atoms with E-state index in [-0.39, 0.29) is 25.0 Å². The summed E-state index contributed by atoms with van der Waals surface area (Å²) in [6, 6.07) is 15.6. The van der Waals surface area contributed by atoms with E-state index in [1.807, 2.05) is 24.3 Å². The highest BCUT2D eigenvalue weighted by atomic mass is 16.5. The van der Waals surface area contributed by atoms with Crippen LogP contribution in [-0.4, -0.2) is 53.7 Å². The third-order valence-electron chi connectivity index (χ3n) is 7.73. The lowest BCUT2D eigenvalue weighted by Gasteiger charge is -2.34. The lowest BCUT2D eigenvalue weighted by molar-refractivity contribution is -0.153. The van der Waals surface area contributed by atoms with E-state index in [0.717, 1.165) is 24.0 Å². The van der Waals surface area contributed by atoms with Crippen LogP contribution in [-0.2, 0) is 14.3 Å². The monoisotopic (exact) mass is 462 g/mol. The zero-order valence-corrected chi connectivity index (χ0v) is 19.2. The van der Waals surface area contributed by atoms with Crippen LogP contribution < -0.4 is 5.32 Å². The lowest BCUT2D eigenvalue weighted by atomic mass is 9.84. The predicted octanol–water partition coefficient (Wildman–Crippen LogP) is 4.16. The summed E-state index contributed by atoms with van der Waals surface area (Å²) in [7, 11) is 0. The number of hydrogen-bond donors (Lipinski definition) is 2. The number of nitrogens with zero attached hydrogens (tertiary/aromatic N) is 1. The van der Waals surface area contributed by atoms with Gasteiger partial charge in [0.1, 0.15) is 12.6 Å². The Kier molecular flexibility index (Phi) is 6.02. The SMILES string of the molecule is O=C(NCC1(C(=O)N2CCC[C@@H]2C(=O)O)CCCC1)OCC1c2ccccc2-c2ccccc21. The molecule has 1 atom stereocenters. The van der Waals surface area contributed by atoms with E-state index < -0.39 is 23.5 Å². The first kappa shape index (κ1) is 22.4. The molecule has 1 aliphatic heterocycles. The van der Waals surface area contributed by atoms with Gasteiger partial charge in [0.2, 0.25) is 5.91 Å². The zero-order valence-electron chi connectivity index (χ0n) is 19.2. The molecule has 34 heavy (non-hydrogen) atoms. The number of nitrogens with one attached hydrogen (secondary N) is 1. The molecular weight excluding hydrogens is 432 g/mol. The highest BCUT2D eigenvalue weighted by Crippen LogP contribution is 2.44. The number of fused-ring (bicyclic) bond motifs is 3. The molecule has 2 amide bonds. The van der Waals surface area contributed by atoms with E-state index >= 15 is 0 Å². The second kappa shape index (κ2) is 9.12. The van der Waals surface area contributed by atoms with Crippen LogP contribution >= 0.6 is 0 Å². The van der Waals surface area contributed by atoms with Gasteiger partial charge >= 0.3 is 12.1 Å². The smallest absolute Gasteiger partial charge is 0.407 e. The number of hydrogen-bond acceptors (Lipinski definition) is 4. The maximum absolute atomic E-state index is 13.4. The van der Waals surface area contributed by atoms with E-state index in [0.29, 0.717) is 32.2 Å². The van der Waals surface area contributed by atoms with Gasteiger partial charge in [0, 0.05) is 19.0 Å². The molecule has 7 heteroatoms. The number of aliphatic carboxylic acids is 1. The Morgan fingerprint density at radius 1 is 0.971 bits per heavy atom. The summed E-state index contributed by atoms with van der Waals surface area (Å²) in [5, 5.41) is 12.3. The molecule has 5 rings (SSSR count). The van der Waals surface area contributed by atoms with E-state index in [1.54, 1.807) is 0 Å². The molecule has 0 bridgehead atoms. The molecular formula is C27H30N2O5. The Morgan fingerprint density at radius 3 is 2.21 bits per heavy atom. The Labute approximate surface area is 199 Å². The summed E-state index contributed by atoms with van der Waals surface area (Å²) >= 11 is 0. The topological polar surface area (TPSA) is 95.9 Å². The third kappa shape index (κ3) is 3.93. The number of ether oxygens (including phenoxy) is 1. The minimum Gasteiger partial charge on any atom is -0.480 e. The van der Waals surface area contributed by atoms with Crippen molar-refractivity contribution in [2.75, 3.05) is 19.7 Å². The maximum atomic E-state index is 13.4. The normalized spacial score (nSPS) is 20.6. The summed E-state index contributed by atoms with van der Waals surface area (Å²) in [5.41, 5.74) is 3.88. The number of carbonyl (C=O) groups is 3. The number of carboxylic acids is 1. The number of alkyl carbamates (subject to hydrolysis) is 1. The van der Waals surface area contributed by atoms with Crippen LogP contribution in [0.25, 0.3) is 11.1 Å². The largest absolute Gasteiger partial charge is 0.480 e. The summed E-state index contributed by atoms with van der Waals surface area (Å²) in [4.78, 5) is 39.2. The van der Waals surface area contributed by atoms with Crippen LogP contribution in [0, 0.1) is 5.41 Å². The molecule has 0 spiro atoms. The number of rotatable bonds is 6. The zero-order chi connectivity index (χ0) is 23.7. The van der Waals surface area contributed by atoms with Crippen molar-refractivity contribution in [3.8, 4) is 11.1 Å². The number of benzene rings is 2. The van der Waals surface area contributed by atoms with Gasteiger partial charge in [0.05, 0.1) is 5.41 Å². The van der Waals surface area contributed by atoms with Gasteiger partial charge in [-0.05, 0) is 47.9 Å². The minimum atomic E-state index is -0.955. The average Bonchev–Trinajstić information content (AvgIpc) is 3.59. The standard InChI is InChI=1S/C27H30N2O5/c30-24(31)23-12-7-15-29(23)25(32)27(13-5-6-14-27)17-28-26(33)34-16-22-20-10-3-1-8-18(20)19-9-2-4-11-21(19)22/h1-4,8-11,22-23H,5-7,12-17H2,(H,28,33)(H,30,31)/t23-/m1/s1. The molecule has 7 nitrogen and oxygen atoms in total. The second-order valence-electron chi connectivity index (χ2n) is 9.66. The average molecular weight is 463 g/mol. The van der Waals surface area contributed by atoms with E-state index in [2.05, 4.69) is 29.6 Å². The number of carbonyl (C=O) groups excluding carboxylic acids is 2. The molecule has 2 aliphatic carbocycles. The fraction of sp³-hybridized carbons (Fsp3) is 0.444. The van der Waals surface area contributed by atoms with Crippen molar-refractivity contribution in [1.29, 1.82) is 0 Å². The first-order chi connectivity index (χ1) is 16.5. The first-order valence-corrected chi connectivity index (χ1v) is 12.1. The summed E-state index contributed by atoms with van der Waals surface area (Å²) in [5.74, 6) is -1.13. The van der Waals surface area contributed by atoms with Crippen molar-refractivity contribution in [3.63, 3.8) is 0 Å². The summed E-state index contributed by atoms with van der Waals surface area (Å²) in [6.07, 6.45) is 3.72. The summed E-state index contributed by atoms with van der Waals surface area (Å²) in [6.45, 7) is 0.849. The van der Waals surface area contributed by atoms with Gasteiger partial charge < -0.3 is 20.1 Å². The maximum Gasteiger partial charge on any atom is 0.407 e. The fourth-order valence-electron chi connectivity index (χ4n) is 5.98. The van der Waals surface area contributed by atoms with Crippen LogP contribution in [0.1, 0.15) is 55.6 Å². The van der Waals surface area contributed by atoms with Crippen LogP contribution in [0.15, 0.2) is 48.5 Å². The molecule has 1 saturated carbocycles. The Bertz CT molecular complexity index is 1060. The van der Waals surface area contributed by atoms with Gasteiger partial charge in [-0.1, -0.05) is 61.4 Å². The lowest BCUT2D eigenvalue weighted by Crippen LogP contribution is -2.52. The Morgan fingerprint density at radius 2 is 1.59 bits per heavy atom. The van der Waals surface area contributed by atoms with Crippen molar-refractivity contribution >= 4 is 18.0 Å². The van der Waals surface area contributed by atoms with Gasteiger partial charge in [-0.15, -0.1) is 0 Å². The predicted molar refractivity (Wildman–Crippen MR) is 126 cm³/mol. The van der Waals surface area contributed by atoms with Gasteiger partial charge in [-0.25, -0.2) is 9.59 Å². The highest BCUT2D eigenvalue weighted by molar-refractivity contribution is 5.89. The molecule has 1 saturated heterocycles. The van der Waals surface area contributed by atoms with Crippen molar-refractivity contribution in [2.24, 2.45) is 5.41 Å². The third-order valence-corrected chi connectivity index (χ3v) is 7.73. The van der Waals surface area contributed by atoms with Gasteiger partial charge in [0.15, 0.2) is 0 Å². The molecule has 0 unspecified atom stereocenters. The van der Waals surface area contributed by atoms with Gasteiger partial charge in [-0.3, -0.25) is 4.79 Å². The number of likely N-dealkylation sites (tertiary alicyclic amines) is 1. The molecule has 2 fully saturated rings. The highest BCUT2D eigenvalue weighted by Gasteiger charge is 2.47. The molecule has 0 aromatic heterocycles. The van der Waals surface area contributed by atoms with E-state index in [9.17, 15) is 19.5 Å². The molecule has 2 aromatic carbocycles. The Hall–Kier alpha value is -3.35. The Balaban J connectivity index is 1.24. The molecule has 0 radical (unpaired) electrons. The van der Waals surface area contributed by atoms with Crippen LogP contribution in [0.5, 0.6) is 0 Å². The van der Waals surface area contributed by atoms with Crippen molar-refractivity contribution < 1.29 is 24.2 Å². The molecule has 3 aliphatic rings. The molecule has 178 valence electrons. The fourth-order valence-corrected chi connectivity index (χ4v) is 5.98. The second-order valence-corrected chi connectivity index (χ2v) is 9.66. The molecule has 2 aromatic rings. The van der Waals surface area contributed by atoms with E-state index in [1.165, 1.54) is 16.0 Å². The van der Waals surface area contributed by atoms with Crippen molar-refractivity contribution in [3.05, 3.63) is 59.7 Å². The summed E-state index contributed by atoms with van der Waals surface area (Å²) < 4.78 is 5.64. The van der Waals surface area contributed by atoms with Crippen LogP contribution in [0.4, 0.5) is 4.79 Å². The minimum absolute atomic E-state index is 0.0267. The van der Waals surface area contributed by atoms with E-state index in [4.69, 9.17) is 4.74 Å². The quantitative estimate of drug-likeness (QED) is 0.672. The molecule has 1 heterocycles. The molecule has 2 N–H and O–H groups in total. The van der Waals surface area contributed by atoms with Gasteiger partial charge in [0.25, 0.3) is 0 Å². The van der Waals surface area contributed by atoms with Crippen molar-refractivity contribution in [1.82, 2.24) is 10.2 Å². The van der Waals surface area contributed by atoms with Gasteiger partial charge in [-0.2, -0.15) is 0 Å². The van der Waals surface area contributed by atoms with Crippen molar-refractivity contribution in [2.45, 2.75) is 50.5 Å². The number of amides is 2. The first-order valence-electron chi connectivity index (χ1n) is 12.1. The number of carboxylic acid groups (broad SMARTS) is 1.